The summed E-state index contributed by atoms with van der Waals surface area (Å²) in [4.78, 5) is 22.4. The van der Waals surface area contributed by atoms with Gasteiger partial charge in [0.1, 0.15) is 5.82 Å². The average Bonchev–Trinajstić information content (AvgIpc) is 2.46. The number of aromatic carboxylic acids is 1. The number of carbonyl (C=O) groups is 2. The Labute approximate surface area is 114 Å². The summed E-state index contributed by atoms with van der Waals surface area (Å²) in [5.41, 5.74) is 1.10. The molecule has 0 atom stereocenters. The Morgan fingerprint density at radius 1 is 1.10 bits per heavy atom. The highest BCUT2D eigenvalue weighted by Crippen LogP contribution is 2.25. The van der Waals surface area contributed by atoms with E-state index in [9.17, 15) is 14.0 Å². The van der Waals surface area contributed by atoms with Crippen LogP contribution in [0.3, 0.4) is 0 Å². The molecule has 0 radical (unpaired) electrons. The Bertz CT molecular complexity index is 662. The van der Waals surface area contributed by atoms with Gasteiger partial charge >= 0.3 is 11.9 Å². The molecule has 4 nitrogen and oxygen atoms in total. The summed E-state index contributed by atoms with van der Waals surface area (Å²) in [5.74, 6) is -2.16. The van der Waals surface area contributed by atoms with Crippen molar-refractivity contribution in [2.24, 2.45) is 0 Å². The molecule has 5 heteroatoms. The average molecular weight is 274 g/mol. The van der Waals surface area contributed by atoms with Crippen LogP contribution in [0, 0.1) is 5.82 Å². The molecule has 0 unspecified atom stereocenters. The molecule has 0 aliphatic heterocycles. The monoisotopic (exact) mass is 274 g/mol. The molecule has 0 bridgehead atoms. The van der Waals surface area contributed by atoms with E-state index in [1.54, 1.807) is 12.1 Å². The molecule has 0 saturated heterocycles. The van der Waals surface area contributed by atoms with Gasteiger partial charge in [-0.1, -0.05) is 12.1 Å². The highest BCUT2D eigenvalue weighted by molar-refractivity contribution is 5.96. The topological polar surface area (TPSA) is 63.6 Å². The van der Waals surface area contributed by atoms with E-state index in [0.29, 0.717) is 11.1 Å². The van der Waals surface area contributed by atoms with Crippen LogP contribution >= 0.6 is 0 Å². The first kappa shape index (κ1) is 13.7. The normalized spacial score (nSPS) is 10.1. The molecule has 0 fully saturated rings. The van der Waals surface area contributed by atoms with Crippen molar-refractivity contribution in [1.29, 1.82) is 0 Å². The molecule has 0 saturated carbocycles. The zero-order valence-corrected chi connectivity index (χ0v) is 10.6. The zero-order valence-electron chi connectivity index (χ0n) is 10.6. The highest BCUT2D eigenvalue weighted by Gasteiger charge is 2.13. The van der Waals surface area contributed by atoms with Crippen LogP contribution in [0.25, 0.3) is 11.1 Å². The summed E-state index contributed by atoms with van der Waals surface area (Å²) >= 11 is 0. The van der Waals surface area contributed by atoms with Gasteiger partial charge in [0.25, 0.3) is 0 Å². The van der Waals surface area contributed by atoms with Crippen molar-refractivity contribution < 1.29 is 23.8 Å². The number of carbonyl (C=O) groups excluding carboxylic acids is 1. The third-order valence-corrected chi connectivity index (χ3v) is 2.83. The predicted octanol–water partition coefficient (Wildman–Crippen LogP) is 2.98. The molecule has 2 aromatic rings. The van der Waals surface area contributed by atoms with Crippen molar-refractivity contribution >= 4 is 11.9 Å². The molecule has 0 aliphatic carbocycles. The molecule has 0 heterocycles. The number of halogens is 1. The second-order valence-electron chi connectivity index (χ2n) is 4.06. The van der Waals surface area contributed by atoms with Crippen LogP contribution in [-0.2, 0) is 4.74 Å². The van der Waals surface area contributed by atoms with Crippen LogP contribution in [0.15, 0.2) is 42.5 Å². The SMILES string of the molecule is COC(=O)c1ccc(-c2cc(F)ccc2C(=O)O)cc1. The van der Waals surface area contributed by atoms with Crippen molar-refractivity contribution in [3.05, 3.63) is 59.4 Å². The van der Waals surface area contributed by atoms with Crippen molar-refractivity contribution in [2.45, 2.75) is 0 Å². The second-order valence-corrected chi connectivity index (χ2v) is 4.06. The summed E-state index contributed by atoms with van der Waals surface area (Å²) in [5, 5.41) is 9.10. The van der Waals surface area contributed by atoms with Crippen molar-refractivity contribution in [1.82, 2.24) is 0 Å². The number of hydrogen-bond donors (Lipinski definition) is 1. The lowest BCUT2D eigenvalue weighted by Crippen LogP contribution is -2.02. The van der Waals surface area contributed by atoms with E-state index < -0.39 is 17.8 Å². The predicted molar refractivity (Wildman–Crippen MR) is 70.1 cm³/mol. The van der Waals surface area contributed by atoms with Gasteiger partial charge in [-0.05, 0) is 41.5 Å². The fraction of sp³-hybridized carbons (Fsp3) is 0.0667. The first-order chi connectivity index (χ1) is 9.52. The molecule has 2 aromatic carbocycles. The molecule has 0 aromatic heterocycles. The third kappa shape index (κ3) is 2.66. The number of carboxylic acids is 1. The van der Waals surface area contributed by atoms with Crippen molar-refractivity contribution in [3.63, 3.8) is 0 Å². The quantitative estimate of drug-likeness (QED) is 0.874. The lowest BCUT2D eigenvalue weighted by molar-refractivity contribution is 0.0599. The van der Waals surface area contributed by atoms with E-state index in [2.05, 4.69) is 4.74 Å². The number of carboxylic acid groups (broad SMARTS) is 1. The number of benzene rings is 2. The summed E-state index contributed by atoms with van der Waals surface area (Å²) in [6, 6.07) is 9.55. The first-order valence-electron chi connectivity index (χ1n) is 5.74. The van der Waals surface area contributed by atoms with E-state index in [-0.39, 0.29) is 11.1 Å². The number of esters is 1. The van der Waals surface area contributed by atoms with Crippen LogP contribution in [-0.4, -0.2) is 24.2 Å². The standard InChI is InChI=1S/C15H11FO4/c1-20-15(19)10-4-2-9(3-5-10)13-8-11(16)6-7-12(13)14(17)18/h2-8H,1H3,(H,17,18). The number of methoxy groups -OCH3 is 1. The van der Waals surface area contributed by atoms with Gasteiger partial charge in [0, 0.05) is 0 Å². The smallest absolute Gasteiger partial charge is 0.337 e. The maximum Gasteiger partial charge on any atom is 0.337 e. The van der Waals surface area contributed by atoms with Crippen LogP contribution < -0.4 is 0 Å². The van der Waals surface area contributed by atoms with Crippen LogP contribution in [0.1, 0.15) is 20.7 Å². The van der Waals surface area contributed by atoms with Crippen molar-refractivity contribution in [3.8, 4) is 11.1 Å². The van der Waals surface area contributed by atoms with E-state index in [4.69, 9.17) is 5.11 Å². The Balaban J connectivity index is 2.48. The van der Waals surface area contributed by atoms with E-state index >= 15 is 0 Å². The molecule has 102 valence electrons. The van der Waals surface area contributed by atoms with Crippen molar-refractivity contribution in [2.75, 3.05) is 7.11 Å². The van der Waals surface area contributed by atoms with Gasteiger partial charge in [0.05, 0.1) is 18.2 Å². The molecule has 2 rings (SSSR count). The lowest BCUT2D eigenvalue weighted by Gasteiger charge is -2.07. The molecule has 0 amide bonds. The Morgan fingerprint density at radius 3 is 2.30 bits per heavy atom. The zero-order chi connectivity index (χ0) is 14.7. The fourth-order valence-corrected chi connectivity index (χ4v) is 1.85. The minimum Gasteiger partial charge on any atom is -0.478 e. The summed E-state index contributed by atoms with van der Waals surface area (Å²) in [6.07, 6.45) is 0. The van der Waals surface area contributed by atoms with Gasteiger partial charge in [-0.25, -0.2) is 14.0 Å². The molecule has 1 N–H and O–H groups in total. The van der Waals surface area contributed by atoms with Gasteiger partial charge in [-0.2, -0.15) is 0 Å². The molecule has 20 heavy (non-hydrogen) atoms. The van der Waals surface area contributed by atoms with E-state index in [0.717, 1.165) is 12.1 Å². The van der Waals surface area contributed by atoms with Gasteiger partial charge < -0.3 is 9.84 Å². The molecular formula is C15H11FO4. The second kappa shape index (κ2) is 5.52. The highest BCUT2D eigenvalue weighted by atomic mass is 19.1. The fourth-order valence-electron chi connectivity index (χ4n) is 1.85. The van der Waals surface area contributed by atoms with E-state index in [1.807, 2.05) is 0 Å². The third-order valence-electron chi connectivity index (χ3n) is 2.83. The first-order valence-corrected chi connectivity index (χ1v) is 5.74. The minimum absolute atomic E-state index is 0.00258. The number of hydrogen-bond acceptors (Lipinski definition) is 3. The maximum absolute atomic E-state index is 13.3. The van der Waals surface area contributed by atoms with Gasteiger partial charge in [-0.15, -0.1) is 0 Å². The van der Waals surface area contributed by atoms with Gasteiger partial charge in [0.15, 0.2) is 0 Å². The Hall–Kier alpha value is -2.69. The van der Waals surface area contributed by atoms with Crippen LogP contribution in [0.4, 0.5) is 4.39 Å². The Kier molecular flexibility index (Phi) is 3.79. The lowest BCUT2D eigenvalue weighted by atomic mass is 9.98. The molecule has 0 spiro atoms. The van der Waals surface area contributed by atoms with E-state index in [1.165, 1.54) is 25.3 Å². The molecular weight excluding hydrogens is 263 g/mol. The molecule has 0 aliphatic rings. The summed E-state index contributed by atoms with van der Waals surface area (Å²) in [6.45, 7) is 0. The van der Waals surface area contributed by atoms with Crippen LogP contribution in [0.5, 0.6) is 0 Å². The number of rotatable bonds is 3. The van der Waals surface area contributed by atoms with Crippen LogP contribution in [0.2, 0.25) is 0 Å². The maximum atomic E-state index is 13.3. The van der Waals surface area contributed by atoms with Gasteiger partial charge in [0.2, 0.25) is 0 Å². The van der Waals surface area contributed by atoms with Gasteiger partial charge in [-0.3, -0.25) is 0 Å². The largest absolute Gasteiger partial charge is 0.478 e. The number of ether oxygens (including phenoxy) is 1. The summed E-state index contributed by atoms with van der Waals surface area (Å²) < 4.78 is 17.9. The Morgan fingerprint density at radius 2 is 1.75 bits per heavy atom. The minimum atomic E-state index is -1.14. The summed E-state index contributed by atoms with van der Waals surface area (Å²) in [7, 11) is 1.27.